The van der Waals surface area contributed by atoms with Crippen molar-refractivity contribution in [3.63, 3.8) is 0 Å². The van der Waals surface area contributed by atoms with Crippen molar-refractivity contribution in [2.45, 2.75) is 45.1 Å². The van der Waals surface area contributed by atoms with E-state index in [-0.39, 0.29) is 17.7 Å². The minimum absolute atomic E-state index is 0.0184. The zero-order valence-corrected chi connectivity index (χ0v) is 12.4. The Bertz CT molecular complexity index is 509. The molecule has 0 aliphatic rings. The highest BCUT2D eigenvalue weighted by Gasteiger charge is 2.22. The summed E-state index contributed by atoms with van der Waals surface area (Å²) in [6.07, 6.45) is 0.892. The van der Waals surface area contributed by atoms with E-state index in [2.05, 4.69) is 0 Å². The molecule has 4 heteroatoms. The van der Waals surface area contributed by atoms with Crippen LogP contribution in [0.15, 0.2) is 23.1 Å². The largest absolute Gasteiger partial charge is 0.327 e. The second-order valence-corrected chi connectivity index (χ2v) is 7.11. The Morgan fingerprint density at radius 1 is 1.22 bits per heavy atom. The number of hydrogen-bond acceptors (Lipinski definition) is 3. The molecular weight excluding hydrogens is 246 g/mol. The molecule has 1 rings (SSSR count). The third-order valence-electron chi connectivity index (χ3n) is 3.62. The Balaban J connectivity index is 2.96. The van der Waals surface area contributed by atoms with Crippen LogP contribution >= 0.6 is 0 Å². The topological polar surface area (TPSA) is 60.2 Å². The average Bonchev–Trinajstić information content (AvgIpc) is 2.30. The highest BCUT2D eigenvalue weighted by molar-refractivity contribution is 7.91. The van der Waals surface area contributed by atoms with Gasteiger partial charge in [-0.3, -0.25) is 0 Å². The van der Waals surface area contributed by atoms with Crippen LogP contribution in [0.5, 0.6) is 0 Å². The summed E-state index contributed by atoms with van der Waals surface area (Å²) < 4.78 is 24.5. The van der Waals surface area contributed by atoms with E-state index < -0.39 is 9.84 Å². The predicted octanol–water partition coefficient (Wildman–Crippen LogP) is 2.45. The first kappa shape index (κ1) is 15.2. The number of nitrogens with two attached hydrogens (primary N) is 1. The Kier molecular flexibility index (Phi) is 4.93. The monoisotopic (exact) mass is 269 g/mol. The van der Waals surface area contributed by atoms with Gasteiger partial charge in [0.05, 0.1) is 10.6 Å². The maximum atomic E-state index is 12.2. The molecule has 0 spiro atoms. The van der Waals surface area contributed by atoms with Gasteiger partial charge in [0.15, 0.2) is 9.84 Å². The molecule has 0 bridgehead atoms. The van der Waals surface area contributed by atoms with E-state index in [1.807, 2.05) is 33.8 Å². The summed E-state index contributed by atoms with van der Waals surface area (Å²) in [5, 5.41) is 0. The van der Waals surface area contributed by atoms with Crippen LogP contribution in [0.2, 0.25) is 0 Å². The van der Waals surface area contributed by atoms with Gasteiger partial charge in [-0.05, 0) is 43.0 Å². The first-order valence-corrected chi connectivity index (χ1v) is 7.98. The Labute approximate surface area is 110 Å². The van der Waals surface area contributed by atoms with E-state index in [0.29, 0.717) is 4.90 Å². The van der Waals surface area contributed by atoms with Gasteiger partial charge in [-0.15, -0.1) is 0 Å². The molecule has 0 aromatic heterocycles. The van der Waals surface area contributed by atoms with Gasteiger partial charge in [0.25, 0.3) is 0 Å². The zero-order chi connectivity index (χ0) is 13.9. The average molecular weight is 269 g/mol. The van der Waals surface area contributed by atoms with E-state index in [9.17, 15) is 8.42 Å². The lowest BCUT2D eigenvalue weighted by atomic mass is 10.0. The molecule has 18 heavy (non-hydrogen) atoms. The Hall–Kier alpha value is -0.870. The third-order valence-corrected chi connectivity index (χ3v) is 5.42. The van der Waals surface area contributed by atoms with Crippen LogP contribution < -0.4 is 5.73 Å². The second-order valence-electron chi connectivity index (χ2n) is 5.08. The molecule has 102 valence electrons. The molecule has 0 aliphatic carbocycles. The number of aryl methyl sites for hydroxylation is 2. The molecule has 2 atom stereocenters. The van der Waals surface area contributed by atoms with Crippen LogP contribution in [0.4, 0.5) is 0 Å². The van der Waals surface area contributed by atoms with E-state index in [1.54, 1.807) is 12.1 Å². The molecule has 0 saturated carbocycles. The number of rotatable bonds is 5. The number of sulfone groups is 1. The van der Waals surface area contributed by atoms with Crippen molar-refractivity contribution in [1.29, 1.82) is 0 Å². The second kappa shape index (κ2) is 5.85. The fourth-order valence-electron chi connectivity index (χ4n) is 1.72. The predicted molar refractivity (Wildman–Crippen MR) is 75.4 cm³/mol. The summed E-state index contributed by atoms with van der Waals surface area (Å²) in [6, 6.07) is 4.94. The quantitative estimate of drug-likeness (QED) is 0.893. The molecule has 0 fully saturated rings. The summed E-state index contributed by atoms with van der Waals surface area (Å²) in [5.74, 6) is 0.233. The molecular formula is C14H23NO2S. The van der Waals surface area contributed by atoms with Crippen molar-refractivity contribution in [2.75, 3.05) is 5.75 Å². The molecule has 1 aromatic rings. The normalized spacial score (nSPS) is 15.4. The minimum Gasteiger partial charge on any atom is -0.327 e. The Morgan fingerprint density at radius 3 is 2.33 bits per heavy atom. The lowest BCUT2D eigenvalue weighted by Crippen LogP contribution is -2.35. The maximum absolute atomic E-state index is 12.2. The molecule has 0 heterocycles. The third kappa shape index (κ3) is 3.56. The van der Waals surface area contributed by atoms with Gasteiger partial charge < -0.3 is 5.73 Å². The summed E-state index contributed by atoms with van der Waals surface area (Å²) >= 11 is 0. The van der Waals surface area contributed by atoms with Gasteiger partial charge in [-0.2, -0.15) is 0 Å². The van der Waals surface area contributed by atoms with Gasteiger partial charge in [0.2, 0.25) is 0 Å². The van der Waals surface area contributed by atoms with Crippen LogP contribution in [0, 0.1) is 19.8 Å². The van der Waals surface area contributed by atoms with Gasteiger partial charge in [0.1, 0.15) is 0 Å². The molecule has 0 amide bonds. The number of benzene rings is 1. The zero-order valence-electron chi connectivity index (χ0n) is 11.6. The highest BCUT2D eigenvalue weighted by atomic mass is 32.2. The lowest BCUT2D eigenvalue weighted by Gasteiger charge is -2.18. The van der Waals surface area contributed by atoms with Gasteiger partial charge in [-0.25, -0.2) is 8.42 Å². The van der Waals surface area contributed by atoms with Crippen molar-refractivity contribution in [1.82, 2.24) is 0 Å². The lowest BCUT2D eigenvalue weighted by molar-refractivity contribution is 0.466. The summed E-state index contributed by atoms with van der Waals surface area (Å²) in [5.41, 5.74) is 8.03. The minimum atomic E-state index is -3.28. The van der Waals surface area contributed by atoms with Gasteiger partial charge in [-0.1, -0.05) is 26.3 Å². The van der Waals surface area contributed by atoms with E-state index >= 15 is 0 Å². The smallest absolute Gasteiger partial charge is 0.179 e. The van der Waals surface area contributed by atoms with E-state index in [4.69, 9.17) is 5.73 Å². The summed E-state index contributed by atoms with van der Waals surface area (Å²) in [4.78, 5) is 0.379. The molecule has 2 N–H and O–H groups in total. The summed E-state index contributed by atoms with van der Waals surface area (Å²) in [6.45, 7) is 7.90. The van der Waals surface area contributed by atoms with Crippen LogP contribution in [0.25, 0.3) is 0 Å². The van der Waals surface area contributed by atoms with Crippen molar-refractivity contribution >= 4 is 9.84 Å². The van der Waals surface area contributed by atoms with Crippen molar-refractivity contribution in [2.24, 2.45) is 11.7 Å². The molecule has 0 saturated heterocycles. The number of hydrogen-bond donors (Lipinski definition) is 1. The van der Waals surface area contributed by atoms with Gasteiger partial charge >= 0.3 is 0 Å². The fraction of sp³-hybridized carbons (Fsp3) is 0.571. The molecule has 0 radical (unpaired) electrons. The van der Waals surface area contributed by atoms with E-state index in [1.165, 1.54) is 0 Å². The fourth-order valence-corrected chi connectivity index (χ4v) is 3.38. The van der Waals surface area contributed by atoms with Crippen LogP contribution in [0.3, 0.4) is 0 Å². The first-order valence-electron chi connectivity index (χ1n) is 6.33. The summed E-state index contributed by atoms with van der Waals surface area (Å²) in [7, 11) is -3.28. The Morgan fingerprint density at radius 2 is 1.83 bits per heavy atom. The molecule has 1 aromatic carbocycles. The van der Waals surface area contributed by atoms with Crippen LogP contribution in [-0.4, -0.2) is 20.2 Å². The van der Waals surface area contributed by atoms with E-state index in [0.717, 1.165) is 17.5 Å². The first-order chi connectivity index (χ1) is 8.27. The molecule has 2 unspecified atom stereocenters. The highest BCUT2D eigenvalue weighted by Crippen LogP contribution is 2.18. The van der Waals surface area contributed by atoms with Gasteiger partial charge in [0, 0.05) is 6.04 Å². The van der Waals surface area contributed by atoms with Crippen molar-refractivity contribution in [3.8, 4) is 0 Å². The van der Waals surface area contributed by atoms with Crippen LogP contribution in [0.1, 0.15) is 31.4 Å². The van der Waals surface area contributed by atoms with Crippen molar-refractivity contribution < 1.29 is 8.42 Å². The van der Waals surface area contributed by atoms with Crippen LogP contribution in [-0.2, 0) is 9.84 Å². The SMILES string of the molecule is CCC(C)C(N)CS(=O)(=O)c1ccc(C)c(C)c1. The molecule has 0 aliphatic heterocycles. The van der Waals surface area contributed by atoms with Crippen molar-refractivity contribution in [3.05, 3.63) is 29.3 Å². The maximum Gasteiger partial charge on any atom is 0.179 e. The standard InChI is InChI=1S/C14H23NO2S/c1-5-10(2)14(15)9-18(16,17)13-7-6-11(3)12(4)8-13/h6-8,10,14H,5,9,15H2,1-4H3. The molecule has 3 nitrogen and oxygen atoms in total.